The van der Waals surface area contributed by atoms with Gasteiger partial charge in [0, 0.05) is 25.0 Å². The molecule has 0 spiro atoms. The van der Waals surface area contributed by atoms with E-state index in [1.54, 1.807) is 0 Å². The molecule has 3 nitrogen and oxygen atoms in total. The van der Waals surface area contributed by atoms with Crippen LogP contribution in [0, 0.1) is 6.92 Å². The van der Waals surface area contributed by atoms with E-state index in [1.165, 1.54) is 5.69 Å². The van der Waals surface area contributed by atoms with E-state index >= 15 is 0 Å². The molecule has 1 unspecified atom stereocenters. The van der Waals surface area contributed by atoms with Gasteiger partial charge in [-0.05, 0) is 29.9 Å². The van der Waals surface area contributed by atoms with Gasteiger partial charge in [-0.15, -0.1) is 0 Å². The first kappa shape index (κ1) is 13.2. The minimum Gasteiger partial charge on any atom is -0.299 e. The third kappa shape index (κ3) is 3.57. The van der Waals surface area contributed by atoms with Crippen molar-refractivity contribution in [1.29, 1.82) is 0 Å². The molecule has 5 heteroatoms. The largest absolute Gasteiger partial charge is 0.299 e. The van der Waals surface area contributed by atoms with Crippen LogP contribution < -0.4 is 0 Å². The van der Waals surface area contributed by atoms with Crippen LogP contribution in [0.1, 0.15) is 18.3 Å². The minimum absolute atomic E-state index is 0.510. The van der Waals surface area contributed by atoms with Crippen LogP contribution in [0.25, 0.3) is 0 Å². The molecular formula is C10H17Br2N3. The van der Waals surface area contributed by atoms with Crippen LogP contribution in [-0.4, -0.2) is 33.1 Å². The van der Waals surface area contributed by atoms with E-state index < -0.39 is 0 Å². The maximum Gasteiger partial charge on any atom is 0.0739 e. The summed E-state index contributed by atoms with van der Waals surface area (Å²) in [5.74, 6) is 0. The number of aryl methyl sites for hydroxylation is 2. The molecule has 0 bridgehead atoms. The molecule has 0 fully saturated rings. The summed E-state index contributed by atoms with van der Waals surface area (Å²) >= 11 is 7.13. The highest BCUT2D eigenvalue weighted by Crippen LogP contribution is 2.21. The highest BCUT2D eigenvalue weighted by molar-refractivity contribution is 9.10. The van der Waals surface area contributed by atoms with E-state index in [4.69, 9.17) is 0 Å². The summed E-state index contributed by atoms with van der Waals surface area (Å²) in [7, 11) is 4.10. The average molecular weight is 339 g/mol. The van der Waals surface area contributed by atoms with E-state index in [9.17, 15) is 0 Å². The second kappa shape index (κ2) is 5.46. The first-order valence-corrected chi connectivity index (χ1v) is 6.63. The number of rotatable bonds is 4. The zero-order valence-electron chi connectivity index (χ0n) is 9.59. The molecule has 1 atom stereocenters. The molecule has 0 radical (unpaired) electrons. The number of alkyl halides is 1. The SMILES string of the molecule is Cc1nn(C)c(CN(C)CC(C)Br)c1Br. The van der Waals surface area contributed by atoms with Gasteiger partial charge < -0.3 is 0 Å². The first-order valence-electron chi connectivity index (χ1n) is 4.92. The molecule has 1 heterocycles. The van der Waals surface area contributed by atoms with Crippen molar-refractivity contribution in [1.82, 2.24) is 14.7 Å². The lowest BCUT2D eigenvalue weighted by atomic mass is 10.3. The summed E-state index contributed by atoms with van der Waals surface area (Å²) in [6.45, 7) is 6.10. The lowest BCUT2D eigenvalue weighted by Gasteiger charge is -2.18. The fraction of sp³-hybridized carbons (Fsp3) is 0.700. The third-order valence-electron chi connectivity index (χ3n) is 2.24. The summed E-state index contributed by atoms with van der Waals surface area (Å²) in [5.41, 5.74) is 2.27. The van der Waals surface area contributed by atoms with Gasteiger partial charge in [0.2, 0.25) is 0 Å². The van der Waals surface area contributed by atoms with Gasteiger partial charge in [0.1, 0.15) is 0 Å². The molecule has 1 aromatic heterocycles. The van der Waals surface area contributed by atoms with Gasteiger partial charge in [-0.2, -0.15) is 5.10 Å². The molecule has 86 valence electrons. The van der Waals surface area contributed by atoms with Gasteiger partial charge in [0.05, 0.1) is 15.9 Å². The van der Waals surface area contributed by atoms with E-state index in [0.717, 1.165) is 23.3 Å². The molecule has 1 rings (SSSR count). The summed E-state index contributed by atoms with van der Waals surface area (Å²) in [4.78, 5) is 2.79. The molecule has 15 heavy (non-hydrogen) atoms. The Bertz CT molecular complexity index is 334. The molecule has 0 aliphatic heterocycles. The molecule has 0 saturated carbocycles. The molecule has 1 aromatic rings. The Balaban J connectivity index is 2.71. The fourth-order valence-electron chi connectivity index (χ4n) is 1.60. The number of halogens is 2. The van der Waals surface area contributed by atoms with E-state index in [1.807, 2.05) is 18.7 Å². The van der Waals surface area contributed by atoms with Gasteiger partial charge in [-0.3, -0.25) is 9.58 Å². The summed E-state index contributed by atoms with van der Waals surface area (Å²) in [6, 6.07) is 0. The van der Waals surface area contributed by atoms with Crippen molar-refractivity contribution in [2.24, 2.45) is 7.05 Å². The van der Waals surface area contributed by atoms with Gasteiger partial charge >= 0.3 is 0 Å². The zero-order valence-corrected chi connectivity index (χ0v) is 12.8. The second-order valence-corrected chi connectivity index (χ2v) is 6.30. The van der Waals surface area contributed by atoms with Crippen LogP contribution in [0.2, 0.25) is 0 Å². The normalized spacial score (nSPS) is 13.5. The molecule has 0 aliphatic rings. The van der Waals surface area contributed by atoms with Crippen molar-refractivity contribution in [2.45, 2.75) is 25.2 Å². The number of hydrogen-bond acceptors (Lipinski definition) is 2. The highest BCUT2D eigenvalue weighted by atomic mass is 79.9. The fourth-order valence-corrected chi connectivity index (χ4v) is 2.56. The van der Waals surface area contributed by atoms with Crippen LogP contribution >= 0.6 is 31.9 Å². The molecular weight excluding hydrogens is 322 g/mol. The standard InChI is InChI=1S/C10H17Br2N3/c1-7(11)5-14(3)6-9-10(12)8(2)13-15(9)4/h7H,5-6H2,1-4H3. The van der Waals surface area contributed by atoms with E-state index in [2.05, 4.69) is 55.8 Å². The van der Waals surface area contributed by atoms with Gasteiger partial charge in [-0.1, -0.05) is 22.9 Å². The first-order chi connectivity index (χ1) is 6.91. The minimum atomic E-state index is 0.510. The van der Waals surface area contributed by atoms with Crippen molar-refractivity contribution >= 4 is 31.9 Å². The highest BCUT2D eigenvalue weighted by Gasteiger charge is 2.13. The monoisotopic (exact) mass is 337 g/mol. The molecule has 0 aliphatic carbocycles. The van der Waals surface area contributed by atoms with Crippen molar-refractivity contribution in [3.8, 4) is 0 Å². The zero-order chi connectivity index (χ0) is 11.6. The number of hydrogen-bond donors (Lipinski definition) is 0. The Kier molecular flexibility index (Phi) is 4.80. The van der Waals surface area contributed by atoms with Crippen molar-refractivity contribution in [3.63, 3.8) is 0 Å². The predicted octanol–water partition coefficient (Wildman–Crippen LogP) is 2.71. The van der Waals surface area contributed by atoms with Crippen molar-refractivity contribution < 1.29 is 0 Å². The van der Waals surface area contributed by atoms with Crippen molar-refractivity contribution in [2.75, 3.05) is 13.6 Å². The van der Waals surface area contributed by atoms with Gasteiger partial charge in [0.15, 0.2) is 0 Å². The predicted molar refractivity (Wildman–Crippen MR) is 70.4 cm³/mol. The maximum absolute atomic E-state index is 4.37. The third-order valence-corrected chi connectivity index (χ3v) is 3.57. The lowest BCUT2D eigenvalue weighted by Crippen LogP contribution is -2.25. The van der Waals surface area contributed by atoms with E-state index in [-0.39, 0.29) is 0 Å². The summed E-state index contributed by atoms with van der Waals surface area (Å²) in [5, 5.41) is 4.37. The molecule has 0 saturated heterocycles. The Morgan fingerprint density at radius 3 is 2.53 bits per heavy atom. The second-order valence-electron chi connectivity index (χ2n) is 3.95. The molecule has 0 aromatic carbocycles. The van der Waals surface area contributed by atoms with Crippen LogP contribution in [0.15, 0.2) is 4.47 Å². The molecule has 0 N–H and O–H groups in total. The van der Waals surface area contributed by atoms with Crippen LogP contribution in [0.4, 0.5) is 0 Å². The van der Waals surface area contributed by atoms with Crippen LogP contribution in [-0.2, 0) is 13.6 Å². The quantitative estimate of drug-likeness (QED) is 0.787. The Morgan fingerprint density at radius 2 is 2.13 bits per heavy atom. The summed E-state index contributed by atoms with van der Waals surface area (Å²) in [6.07, 6.45) is 0. The number of aromatic nitrogens is 2. The van der Waals surface area contributed by atoms with Gasteiger partial charge in [-0.25, -0.2) is 0 Å². The Morgan fingerprint density at radius 1 is 1.53 bits per heavy atom. The summed E-state index contributed by atoms with van der Waals surface area (Å²) < 4.78 is 3.06. The van der Waals surface area contributed by atoms with Gasteiger partial charge in [0.25, 0.3) is 0 Å². The number of nitrogens with zero attached hydrogens (tertiary/aromatic N) is 3. The van der Waals surface area contributed by atoms with Crippen LogP contribution in [0.5, 0.6) is 0 Å². The topological polar surface area (TPSA) is 21.1 Å². The smallest absolute Gasteiger partial charge is 0.0739 e. The maximum atomic E-state index is 4.37. The lowest BCUT2D eigenvalue weighted by molar-refractivity contribution is 0.322. The average Bonchev–Trinajstić information content (AvgIpc) is 2.31. The van der Waals surface area contributed by atoms with Crippen molar-refractivity contribution in [3.05, 3.63) is 15.9 Å². The van der Waals surface area contributed by atoms with E-state index in [0.29, 0.717) is 4.83 Å². The Hall–Kier alpha value is 0.130. The molecule has 0 amide bonds. The Labute approximate surface area is 108 Å². The van der Waals surface area contributed by atoms with Crippen LogP contribution in [0.3, 0.4) is 0 Å².